The molecule has 0 aromatic heterocycles. The Labute approximate surface area is 88.0 Å². The van der Waals surface area contributed by atoms with Crippen molar-refractivity contribution in [3.8, 4) is 0 Å². The lowest BCUT2D eigenvalue weighted by molar-refractivity contribution is -0.155. The third kappa shape index (κ3) is 4.22. The van der Waals surface area contributed by atoms with Crippen molar-refractivity contribution in [1.82, 2.24) is 0 Å². The van der Waals surface area contributed by atoms with Gasteiger partial charge in [0, 0.05) is 5.92 Å². The van der Waals surface area contributed by atoms with Crippen LogP contribution < -0.4 is 0 Å². The van der Waals surface area contributed by atoms with Gasteiger partial charge in [-0.2, -0.15) is 13.2 Å². The minimum Gasteiger partial charge on any atom is -0.299 e. The predicted octanol–water partition coefficient (Wildman–Crippen LogP) is 3.72. The van der Waals surface area contributed by atoms with Crippen molar-refractivity contribution in [2.45, 2.75) is 51.6 Å². The highest BCUT2D eigenvalue weighted by Crippen LogP contribution is 2.33. The summed E-state index contributed by atoms with van der Waals surface area (Å²) >= 11 is 0. The van der Waals surface area contributed by atoms with Gasteiger partial charge >= 0.3 is 6.18 Å². The standard InChI is InChI=1S/C11H17F3O/c1-2-8-3-5-9(6-4-8)10(15)7-11(12,13)14/h8-9H,2-7H2,1H3. The van der Waals surface area contributed by atoms with Crippen molar-refractivity contribution < 1.29 is 18.0 Å². The van der Waals surface area contributed by atoms with Gasteiger partial charge in [-0.15, -0.1) is 0 Å². The fourth-order valence-electron chi connectivity index (χ4n) is 2.23. The molecular weight excluding hydrogens is 205 g/mol. The summed E-state index contributed by atoms with van der Waals surface area (Å²) in [6.45, 7) is 2.09. The Bertz CT molecular complexity index is 214. The van der Waals surface area contributed by atoms with E-state index in [0.717, 1.165) is 19.3 Å². The van der Waals surface area contributed by atoms with Crippen LogP contribution in [0.1, 0.15) is 45.4 Å². The van der Waals surface area contributed by atoms with Gasteiger partial charge in [-0.1, -0.05) is 13.3 Å². The van der Waals surface area contributed by atoms with Crippen molar-refractivity contribution in [3.63, 3.8) is 0 Å². The molecule has 1 fully saturated rings. The summed E-state index contributed by atoms with van der Waals surface area (Å²) in [5.41, 5.74) is 0. The summed E-state index contributed by atoms with van der Waals surface area (Å²) in [7, 11) is 0. The number of carbonyl (C=O) groups excluding carboxylic acids is 1. The first-order chi connectivity index (χ1) is 6.92. The number of carbonyl (C=O) groups is 1. The molecule has 0 aliphatic heterocycles. The van der Waals surface area contributed by atoms with E-state index in [2.05, 4.69) is 6.92 Å². The summed E-state index contributed by atoms with van der Waals surface area (Å²) in [6.07, 6.45) is -1.40. The van der Waals surface area contributed by atoms with Crippen LogP contribution in [0.15, 0.2) is 0 Å². The highest BCUT2D eigenvalue weighted by Gasteiger charge is 2.35. The molecule has 0 radical (unpaired) electrons. The van der Waals surface area contributed by atoms with Gasteiger partial charge in [0.15, 0.2) is 0 Å². The van der Waals surface area contributed by atoms with Crippen LogP contribution in [0.2, 0.25) is 0 Å². The molecule has 1 saturated carbocycles. The molecule has 0 aromatic rings. The van der Waals surface area contributed by atoms with Gasteiger partial charge in [0.1, 0.15) is 12.2 Å². The average molecular weight is 222 g/mol. The number of Topliss-reactive ketones (excluding diaryl/α,β-unsaturated/α-hetero) is 1. The maximum atomic E-state index is 12.0. The lowest BCUT2D eigenvalue weighted by Crippen LogP contribution is -2.26. The highest BCUT2D eigenvalue weighted by molar-refractivity contribution is 5.81. The van der Waals surface area contributed by atoms with E-state index in [4.69, 9.17) is 0 Å². The molecule has 0 heterocycles. The molecule has 1 aliphatic carbocycles. The van der Waals surface area contributed by atoms with E-state index in [-0.39, 0.29) is 5.92 Å². The van der Waals surface area contributed by atoms with Gasteiger partial charge in [-0.25, -0.2) is 0 Å². The Morgan fingerprint density at radius 1 is 1.20 bits per heavy atom. The van der Waals surface area contributed by atoms with Crippen LogP contribution in [0.25, 0.3) is 0 Å². The maximum absolute atomic E-state index is 12.0. The minimum atomic E-state index is -4.33. The Hall–Kier alpha value is -0.540. The molecule has 1 rings (SSSR count). The highest BCUT2D eigenvalue weighted by atomic mass is 19.4. The number of halogens is 3. The molecule has 1 aliphatic rings. The Kier molecular flexibility index (Phi) is 4.17. The molecule has 0 aromatic carbocycles. The first-order valence-electron chi connectivity index (χ1n) is 5.52. The first-order valence-corrected chi connectivity index (χ1v) is 5.52. The normalized spacial score (nSPS) is 27.7. The summed E-state index contributed by atoms with van der Waals surface area (Å²) in [6, 6.07) is 0. The number of hydrogen-bond acceptors (Lipinski definition) is 1. The minimum absolute atomic E-state index is 0.338. The molecule has 0 bridgehead atoms. The van der Waals surface area contributed by atoms with Crippen LogP contribution >= 0.6 is 0 Å². The zero-order valence-electron chi connectivity index (χ0n) is 8.94. The number of ketones is 1. The van der Waals surface area contributed by atoms with Gasteiger partial charge in [-0.05, 0) is 31.6 Å². The first kappa shape index (κ1) is 12.5. The second-order valence-electron chi connectivity index (χ2n) is 4.38. The van der Waals surface area contributed by atoms with Gasteiger partial charge < -0.3 is 0 Å². The van der Waals surface area contributed by atoms with E-state index < -0.39 is 18.4 Å². The molecule has 0 N–H and O–H groups in total. The molecule has 0 saturated heterocycles. The fourth-order valence-corrected chi connectivity index (χ4v) is 2.23. The smallest absolute Gasteiger partial charge is 0.299 e. The maximum Gasteiger partial charge on any atom is 0.395 e. The monoisotopic (exact) mass is 222 g/mol. The van der Waals surface area contributed by atoms with Gasteiger partial charge in [-0.3, -0.25) is 4.79 Å². The zero-order chi connectivity index (χ0) is 11.5. The topological polar surface area (TPSA) is 17.1 Å². The molecule has 88 valence electrons. The lowest BCUT2D eigenvalue weighted by atomic mass is 9.78. The predicted molar refractivity (Wildman–Crippen MR) is 51.4 cm³/mol. The SMILES string of the molecule is CCC1CCC(C(=O)CC(F)(F)F)CC1. The van der Waals surface area contributed by atoms with Crippen LogP contribution in [0, 0.1) is 11.8 Å². The van der Waals surface area contributed by atoms with E-state index >= 15 is 0 Å². The van der Waals surface area contributed by atoms with Crippen LogP contribution in [0.5, 0.6) is 0 Å². The molecule has 0 unspecified atom stereocenters. The Morgan fingerprint density at radius 2 is 1.73 bits per heavy atom. The molecule has 0 atom stereocenters. The molecule has 0 spiro atoms. The van der Waals surface area contributed by atoms with Crippen LogP contribution in [-0.4, -0.2) is 12.0 Å². The van der Waals surface area contributed by atoms with Crippen LogP contribution in [-0.2, 0) is 4.79 Å². The Morgan fingerprint density at radius 3 is 2.13 bits per heavy atom. The molecule has 4 heteroatoms. The molecular formula is C11H17F3O. The third-order valence-electron chi connectivity index (χ3n) is 3.25. The van der Waals surface area contributed by atoms with Crippen molar-refractivity contribution in [3.05, 3.63) is 0 Å². The second kappa shape index (κ2) is 4.99. The van der Waals surface area contributed by atoms with Crippen molar-refractivity contribution in [2.75, 3.05) is 0 Å². The van der Waals surface area contributed by atoms with E-state index in [1.165, 1.54) is 0 Å². The number of alkyl halides is 3. The van der Waals surface area contributed by atoms with Crippen molar-refractivity contribution in [2.24, 2.45) is 11.8 Å². The van der Waals surface area contributed by atoms with E-state index in [1.807, 2.05) is 0 Å². The summed E-state index contributed by atoms with van der Waals surface area (Å²) in [5.74, 6) is -0.341. The third-order valence-corrected chi connectivity index (χ3v) is 3.25. The second-order valence-corrected chi connectivity index (χ2v) is 4.38. The van der Waals surface area contributed by atoms with E-state index in [0.29, 0.717) is 18.8 Å². The average Bonchev–Trinajstić information content (AvgIpc) is 2.15. The van der Waals surface area contributed by atoms with E-state index in [1.54, 1.807) is 0 Å². The van der Waals surface area contributed by atoms with Crippen molar-refractivity contribution in [1.29, 1.82) is 0 Å². The van der Waals surface area contributed by atoms with Crippen LogP contribution in [0.4, 0.5) is 13.2 Å². The quantitative estimate of drug-likeness (QED) is 0.711. The van der Waals surface area contributed by atoms with Gasteiger partial charge in [0.2, 0.25) is 0 Å². The summed E-state index contributed by atoms with van der Waals surface area (Å²) < 4.78 is 35.9. The van der Waals surface area contributed by atoms with Gasteiger partial charge in [0.25, 0.3) is 0 Å². The largest absolute Gasteiger partial charge is 0.395 e. The molecule has 0 amide bonds. The fraction of sp³-hybridized carbons (Fsp3) is 0.909. The van der Waals surface area contributed by atoms with Gasteiger partial charge in [0.05, 0.1) is 0 Å². The lowest BCUT2D eigenvalue weighted by Gasteiger charge is -2.26. The Balaban J connectivity index is 2.37. The number of rotatable bonds is 3. The zero-order valence-corrected chi connectivity index (χ0v) is 8.94. The summed E-state index contributed by atoms with van der Waals surface area (Å²) in [5, 5.41) is 0. The summed E-state index contributed by atoms with van der Waals surface area (Å²) in [4.78, 5) is 11.3. The number of hydrogen-bond donors (Lipinski definition) is 0. The van der Waals surface area contributed by atoms with E-state index in [9.17, 15) is 18.0 Å². The van der Waals surface area contributed by atoms with Crippen molar-refractivity contribution >= 4 is 5.78 Å². The van der Waals surface area contributed by atoms with Crippen LogP contribution in [0.3, 0.4) is 0 Å². The molecule has 1 nitrogen and oxygen atoms in total. The molecule has 15 heavy (non-hydrogen) atoms.